The highest BCUT2D eigenvalue weighted by molar-refractivity contribution is 5.85. The molecular weight excluding hydrogens is 274 g/mol. The molecule has 0 bridgehead atoms. The summed E-state index contributed by atoms with van der Waals surface area (Å²) >= 11 is 0. The van der Waals surface area contributed by atoms with Crippen LogP contribution in [0.3, 0.4) is 0 Å². The molecule has 0 aromatic carbocycles. The third-order valence-electron chi connectivity index (χ3n) is 2.85. The molecule has 106 valence electrons. The number of aromatic nitrogens is 2. The van der Waals surface area contributed by atoms with E-state index < -0.39 is 4.92 Å². The Kier molecular flexibility index (Phi) is 5.25. The maximum absolute atomic E-state index is 12.0. The Labute approximate surface area is 116 Å². The Morgan fingerprint density at radius 1 is 1.68 bits per heavy atom. The normalized spacial score (nSPS) is 18.8. The summed E-state index contributed by atoms with van der Waals surface area (Å²) < 4.78 is 1.30. The maximum Gasteiger partial charge on any atom is 0.307 e. The highest BCUT2D eigenvalue weighted by Crippen LogP contribution is 2.08. The Morgan fingerprint density at radius 2 is 2.42 bits per heavy atom. The molecule has 0 spiro atoms. The van der Waals surface area contributed by atoms with E-state index in [4.69, 9.17) is 0 Å². The van der Waals surface area contributed by atoms with Crippen LogP contribution in [-0.4, -0.2) is 51.2 Å². The molecule has 19 heavy (non-hydrogen) atoms. The van der Waals surface area contributed by atoms with Gasteiger partial charge in [0.2, 0.25) is 5.91 Å². The van der Waals surface area contributed by atoms with Gasteiger partial charge in [-0.25, -0.2) is 0 Å². The lowest BCUT2D eigenvalue weighted by Gasteiger charge is -2.31. The smallest absolute Gasteiger partial charge is 0.307 e. The molecule has 1 unspecified atom stereocenters. The fourth-order valence-corrected chi connectivity index (χ4v) is 1.93. The number of nitro groups is 1. The molecule has 0 radical (unpaired) electrons. The lowest BCUT2D eigenvalue weighted by atomic mass is 10.2. The number of carbonyl (C=O) groups excluding carboxylic acids is 1. The van der Waals surface area contributed by atoms with Crippen LogP contribution in [0.2, 0.25) is 0 Å². The van der Waals surface area contributed by atoms with Crippen molar-refractivity contribution in [3.63, 3.8) is 0 Å². The monoisotopic (exact) mass is 289 g/mol. The van der Waals surface area contributed by atoms with E-state index in [0.29, 0.717) is 13.1 Å². The van der Waals surface area contributed by atoms with Gasteiger partial charge in [-0.05, 0) is 6.92 Å². The van der Waals surface area contributed by atoms with Gasteiger partial charge in [-0.2, -0.15) is 5.10 Å². The SMILES string of the molecule is CC1CN(C(=O)Cn2cc([N+](=O)[O-])cn2)CCN1.Cl. The van der Waals surface area contributed by atoms with Gasteiger partial charge < -0.3 is 10.2 Å². The van der Waals surface area contributed by atoms with Gasteiger partial charge in [-0.3, -0.25) is 19.6 Å². The second-order valence-corrected chi connectivity index (χ2v) is 4.35. The molecule has 1 N–H and O–H groups in total. The van der Waals surface area contributed by atoms with Crippen molar-refractivity contribution in [3.05, 3.63) is 22.5 Å². The number of nitrogens with one attached hydrogen (secondary N) is 1. The summed E-state index contributed by atoms with van der Waals surface area (Å²) in [5.41, 5.74) is -0.100. The number of hydrogen-bond acceptors (Lipinski definition) is 5. The average Bonchev–Trinajstić information content (AvgIpc) is 2.77. The second-order valence-electron chi connectivity index (χ2n) is 4.35. The van der Waals surface area contributed by atoms with Gasteiger partial charge in [0, 0.05) is 25.7 Å². The number of rotatable bonds is 3. The average molecular weight is 290 g/mol. The van der Waals surface area contributed by atoms with Gasteiger partial charge >= 0.3 is 5.69 Å². The molecule has 2 heterocycles. The number of amides is 1. The highest BCUT2D eigenvalue weighted by Gasteiger charge is 2.21. The molecule has 1 saturated heterocycles. The van der Waals surface area contributed by atoms with Gasteiger partial charge in [-0.1, -0.05) is 0 Å². The molecule has 2 rings (SSSR count). The molecule has 0 saturated carbocycles. The van der Waals surface area contributed by atoms with Gasteiger partial charge in [0.05, 0.1) is 4.92 Å². The first-order valence-corrected chi connectivity index (χ1v) is 5.74. The van der Waals surface area contributed by atoms with Crippen LogP contribution in [0, 0.1) is 10.1 Å². The van der Waals surface area contributed by atoms with Crippen molar-refractivity contribution in [1.82, 2.24) is 20.0 Å². The van der Waals surface area contributed by atoms with E-state index in [1.54, 1.807) is 4.90 Å². The van der Waals surface area contributed by atoms with Gasteiger partial charge in [-0.15, -0.1) is 12.4 Å². The lowest BCUT2D eigenvalue weighted by molar-refractivity contribution is -0.385. The van der Waals surface area contributed by atoms with Crippen molar-refractivity contribution in [2.75, 3.05) is 19.6 Å². The van der Waals surface area contributed by atoms with E-state index in [1.165, 1.54) is 10.9 Å². The van der Waals surface area contributed by atoms with E-state index in [-0.39, 0.29) is 36.6 Å². The Balaban J connectivity index is 0.00000180. The summed E-state index contributed by atoms with van der Waals surface area (Å²) in [5, 5.41) is 17.5. The minimum Gasteiger partial charge on any atom is -0.338 e. The Morgan fingerprint density at radius 3 is 3.00 bits per heavy atom. The van der Waals surface area contributed by atoms with Crippen LogP contribution in [0.25, 0.3) is 0 Å². The standard InChI is InChI=1S/C10H15N5O3.ClH/c1-8-5-13(3-2-11-8)10(16)7-14-6-9(4-12-14)15(17)18;/h4,6,8,11H,2-3,5,7H2,1H3;1H. The molecule has 1 fully saturated rings. The quantitative estimate of drug-likeness (QED) is 0.626. The van der Waals surface area contributed by atoms with Crippen molar-refractivity contribution in [3.8, 4) is 0 Å². The van der Waals surface area contributed by atoms with Crippen LogP contribution in [0.15, 0.2) is 12.4 Å². The zero-order chi connectivity index (χ0) is 13.1. The van der Waals surface area contributed by atoms with E-state index >= 15 is 0 Å². The van der Waals surface area contributed by atoms with Crippen LogP contribution in [0.4, 0.5) is 5.69 Å². The van der Waals surface area contributed by atoms with Crippen molar-refractivity contribution in [2.24, 2.45) is 0 Å². The van der Waals surface area contributed by atoms with Crippen molar-refractivity contribution < 1.29 is 9.72 Å². The number of piperazine rings is 1. The molecule has 1 aliphatic rings. The predicted molar refractivity (Wildman–Crippen MR) is 70.2 cm³/mol. The minimum atomic E-state index is -0.527. The van der Waals surface area contributed by atoms with Crippen molar-refractivity contribution in [2.45, 2.75) is 19.5 Å². The fourth-order valence-electron chi connectivity index (χ4n) is 1.93. The number of carbonyl (C=O) groups is 1. The van der Waals surface area contributed by atoms with E-state index in [0.717, 1.165) is 12.7 Å². The number of nitrogens with zero attached hydrogens (tertiary/aromatic N) is 4. The van der Waals surface area contributed by atoms with Gasteiger partial charge in [0.25, 0.3) is 0 Å². The predicted octanol–water partition coefficient (Wildman–Crippen LogP) is 0.0334. The van der Waals surface area contributed by atoms with Gasteiger partial charge in [0.15, 0.2) is 0 Å². The summed E-state index contributed by atoms with van der Waals surface area (Å²) in [5.74, 6) is -0.0682. The fraction of sp³-hybridized carbons (Fsp3) is 0.600. The Bertz CT molecular complexity index is 464. The van der Waals surface area contributed by atoms with E-state index in [2.05, 4.69) is 10.4 Å². The van der Waals surface area contributed by atoms with Crippen LogP contribution in [-0.2, 0) is 11.3 Å². The van der Waals surface area contributed by atoms with E-state index in [9.17, 15) is 14.9 Å². The topological polar surface area (TPSA) is 93.3 Å². The summed E-state index contributed by atoms with van der Waals surface area (Å²) in [7, 11) is 0. The first kappa shape index (κ1) is 15.4. The molecule has 9 heteroatoms. The summed E-state index contributed by atoms with van der Waals surface area (Å²) in [6.07, 6.45) is 2.41. The number of halogens is 1. The second kappa shape index (κ2) is 6.48. The van der Waals surface area contributed by atoms with Crippen LogP contribution < -0.4 is 5.32 Å². The van der Waals surface area contributed by atoms with E-state index in [1.807, 2.05) is 6.92 Å². The molecular formula is C10H16ClN5O3. The molecule has 8 nitrogen and oxygen atoms in total. The summed E-state index contributed by atoms with van der Waals surface area (Å²) in [6.45, 7) is 4.14. The van der Waals surface area contributed by atoms with Crippen LogP contribution in [0.1, 0.15) is 6.92 Å². The maximum atomic E-state index is 12.0. The summed E-state index contributed by atoms with van der Waals surface area (Å²) in [4.78, 5) is 23.7. The zero-order valence-electron chi connectivity index (χ0n) is 10.5. The van der Waals surface area contributed by atoms with Crippen molar-refractivity contribution in [1.29, 1.82) is 0 Å². The third kappa shape index (κ3) is 3.90. The molecule has 0 aliphatic carbocycles. The zero-order valence-corrected chi connectivity index (χ0v) is 11.3. The molecule has 1 aliphatic heterocycles. The minimum absolute atomic E-state index is 0. The summed E-state index contributed by atoms with van der Waals surface area (Å²) in [6, 6.07) is 0.273. The van der Waals surface area contributed by atoms with Crippen LogP contribution in [0.5, 0.6) is 0 Å². The largest absolute Gasteiger partial charge is 0.338 e. The Hall–Kier alpha value is -1.67. The highest BCUT2D eigenvalue weighted by atomic mass is 35.5. The molecule has 1 aromatic rings. The number of hydrogen-bond donors (Lipinski definition) is 1. The third-order valence-corrected chi connectivity index (χ3v) is 2.85. The first-order chi connectivity index (χ1) is 8.56. The molecule has 1 aromatic heterocycles. The molecule has 1 atom stereocenters. The van der Waals surface area contributed by atoms with Crippen LogP contribution >= 0.6 is 12.4 Å². The lowest BCUT2D eigenvalue weighted by Crippen LogP contribution is -2.52. The first-order valence-electron chi connectivity index (χ1n) is 5.74. The molecule has 1 amide bonds. The van der Waals surface area contributed by atoms with Crippen molar-refractivity contribution >= 4 is 24.0 Å². The van der Waals surface area contributed by atoms with Gasteiger partial charge in [0.1, 0.15) is 18.9 Å².